The summed E-state index contributed by atoms with van der Waals surface area (Å²) in [5.74, 6) is 0. The fraction of sp³-hybridized carbons (Fsp3) is 0.353. The zero-order valence-corrected chi connectivity index (χ0v) is 12.4. The molecule has 0 saturated carbocycles. The number of nitrogens with zero attached hydrogens (tertiary/aromatic N) is 2. The number of likely N-dealkylation sites (N-methyl/N-ethyl adjacent to an activating group) is 1. The Bertz CT molecular complexity index is 634. The predicted octanol–water partition coefficient (Wildman–Crippen LogP) is 3.30. The fourth-order valence-electron chi connectivity index (χ4n) is 2.80. The van der Waals surface area contributed by atoms with Crippen LogP contribution in [0.3, 0.4) is 0 Å². The number of benzene rings is 1. The first kappa shape index (κ1) is 13.0. The maximum Gasteiger partial charge on any atom is 0.0606 e. The summed E-state index contributed by atoms with van der Waals surface area (Å²) in [6.07, 6.45) is 1.16. The van der Waals surface area contributed by atoms with Crippen molar-refractivity contribution in [2.75, 3.05) is 23.8 Å². The van der Waals surface area contributed by atoms with Gasteiger partial charge in [0.2, 0.25) is 0 Å². The van der Waals surface area contributed by atoms with Crippen molar-refractivity contribution in [3.05, 3.63) is 52.8 Å². The van der Waals surface area contributed by atoms with Crippen LogP contribution in [0.4, 0.5) is 11.4 Å². The van der Waals surface area contributed by atoms with Crippen LogP contribution >= 0.6 is 0 Å². The van der Waals surface area contributed by atoms with E-state index in [1.807, 2.05) is 19.9 Å². The molecule has 2 heterocycles. The van der Waals surface area contributed by atoms with E-state index in [1.165, 1.54) is 16.8 Å². The Morgan fingerprint density at radius 3 is 2.85 bits per heavy atom. The van der Waals surface area contributed by atoms with E-state index in [0.29, 0.717) is 0 Å². The molecule has 0 atom stereocenters. The first-order valence-corrected chi connectivity index (χ1v) is 7.14. The molecular formula is C17H21N3. The topological polar surface area (TPSA) is 28.2 Å². The summed E-state index contributed by atoms with van der Waals surface area (Å²) in [5.41, 5.74) is 7.42. The van der Waals surface area contributed by atoms with Crippen LogP contribution < -0.4 is 10.2 Å². The van der Waals surface area contributed by atoms with Crippen molar-refractivity contribution in [2.24, 2.45) is 0 Å². The number of anilines is 2. The number of hydrogen-bond donors (Lipinski definition) is 1. The summed E-state index contributed by atoms with van der Waals surface area (Å²) < 4.78 is 0. The molecule has 3 heteroatoms. The number of pyridine rings is 1. The van der Waals surface area contributed by atoms with E-state index in [2.05, 4.69) is 46.5 Å². The van der Waals surface area contributed by atoms with E-state index in [0.717, 1.165) is 36.6 Å². The molecule has 20 heavy (non-hydrogen) atoms. The molecule has 3 rings (SSSR count). The van der Waals surface area contributed by atoms with Gasteiger partial charge >= 0.3 is 0 Å². The summed E-state index contributed by atoms with van der Waals surface area (Å²) in [7, 11) is 2.16. The minimum absolute atomic E-state index is 0.850. The molecule has 0 bridgehead atoms. The lowest BCUT2D eigenvalue weighted by Gasteiger charge is -2.13. The van der Waals surface area contributed by atoms with E-state index in [-0.39, 0.29) is 0 Å². The van der Waals surface area contributed by atoms with Crippen LogP contribution in [0.2, 0.25) is 0 Å². The van der Waals surface area contributed by atoms with E-state index in [1.54, 1.807) is 0 Å². The van der Waals surface area contributed by atoms with Gasteiger partial charge in [0.1, 0.15) is 0 Å². The minimum atomic E-state index is 0.850. The second kappa shape index (κ2) is 5.16. The van der Waals surface area contributed by atoms with E-state index < -0.39 is 0 Å². The lowest BCUT2D eigenvalue weighted by atomic mass is 10.1. The van der Waals surface area contributed by atoms with Crippen LogP contribution in [0.5, 0.6) is 0 Å². The Morgan fingerprint density at radius 1 is 1.20 bits per heavy atom. The molecule has 0 aliphatic carbocycles. The van der Waals surface area contributed by atoms with Gasteiger partial charge in [0, 0.05) is 31.5 Å². The molecule has 0 saturated heterocycles. The molecule has 1 aliphatic heterocycles. The van der Waals surface area contributed by atoms with Crippen LogP contribution in [0.1, 0.15) is 22.5 Å². The lowest BCUT2D eigenvalue weighted by molar-refractivity contribution is 0.955. The van der Waals surface area contributed by atoms with Crippen molar-refractivity contribution in [1.29, 1.82) is 0 Å². The zero-order chi connectivity index (χ0) is 14.1. The van der Waals surface area contributed by atoms with Crippen LogP contribution in [0, 0.1) is 13.8 Å². The molecule has 0 radical (unpaired) electrons. The highest BCUT2D eigenvalue weighted by Gasteiger charge is 2.15. The highest BCUT2D eigenvalue weighted by molar-refractivity contribution is 5.59. The Labute approximate surface area is 120 Å². The fourth-order valence-corrected chi connectivity index (χ4v) is 2.80. The summed E-state index contributed by atoms with van der Waals surface area (Å²) >= 11 is 0. The highest BCUT2D eigenvalue weighted by Crippen LogP contribution is 2.27. The molecular weight excluding hydrogens is 246 g/mol. The number of fused-ring (bicyclic) bond motifs is 1. The van der Waals surface area contributed by atoms with Crippen molar-refractivity contribution in [3.63, 3.8) is 0 Å². The SMILES string of the molecule is Cc1ccc(NCc2ccc3c(c2)CCN3C)c(C)n1. The average Bonchev–Trinajstić information content (AvgIpc) is 2.79. The monoisotopic (exact) mass is 267 g/mol. The second-order valence-electron chi connectivity index (χ2n) is 5.57. The van der Waals surface area contributed by atoms with Gasteiger partial charge < -0.3 is 10.2 Å². The molecule has 3 nitrogen and oxygen atoms in total. The minimum Gasteiger partial charge on any atom is -0.380 e. The molecule has 0 fully saturated rings. The van der Waals surface area contributed by atoms with E-state index in [4.69, 9.17) is 0 Å². The van der Waals surface area contributed by atoms with Crippen molar-refractivity contribution in [1.82, 2.24) is 4.98 Å². The Hall–Kier alpha value is -2.03. The molecule has 0 spiro atoms. The van der Waals surface area contributed by atoms with Crippen LogP contribution in [-0.4, -0.2) is 18.6 Å². The molecule has 1 aliphatic rings. The lowest BCUT2D eigenvalue weighted by Crippen LogP contribution is -2.12. The number of nitrogens with one attached hydrogen (secondary N) is 1. The summed E-state index contributed by atoms with van der Waals surface area (Å²) in [4.78, 5) is 6.80. The van der Waals surface area contributed by atoms with Gasteiger partial charge in [-0.15, -0.1) is 0 Å². The number of aromatic nitrogens is 1. The van der Waals surface area contributed by atoms with Gasteiger partial charge in [-0.2, -0.15) is 0 Å². The standard InChI is InChI=1S/C17H21N3/c1-12-4-6-16(13(2)19-12)18-11-14-5-7-17-15(10-14)8-9-20(17)3/h4-7,10,18H,8-9,11H2,1-3H3. The second-order valence-corrected chi connectivity index (χ2v) is 5.57. The van der Waals surface area contributed by atoms with Gasteiger partial charge in [-0.1, -0.05) is 12.1 Å². The highest BCUT2D eigenvalue weighted by atomic mass is 15.1. The van der Waals surface area contributed by atoms with E-state index in [9.17, 15) is 0 Å². The van der Waals surface area contributed by atoms with Gasteiger partial charge in [-0.25, -0.2) is 0 Å². The average molecular weight is 267 g/mol. The van der Waals surface area contributed by atoms with Gasteiger partial charge in [-0.3, -0.25) is 4.98 Å². The molecule has 1 aromatic carbocycles. The molecule has 1 aromatic heterocycles. The summed E-state index contributed by atoms with van der Waals surface area (Å²) in [5, 5.41) is 3.48. The maximum atomic E-state index is 4.48. The van der Waals surface area contributed by atoms with Crippen LogP contribution in [0.15, 0.2) is 30.3 Å². The molecule has 0 amide bonds. The first-order valence-electron chi connectivity index (χ1n) is 7.14. The number of aryl methyl sites for hydroxylation is 2. The smallest absolute Gasteiger partial charge is 0.0606 e. The summed E-state index contributed by atoms with van der Waals surface area (Å²) in [6, 6.07) is 10.9. The van der Waals surface area contributed by atoms with Gasteiger partial charge in [0.25, 0.3) is 0 Å². The van der Waals surface area contributed by atoms with Crippen molar-refractivity contribution >= 4 is 11.4 Å². The van der Waals surface area contributed by atoms with Crippen LogP contribution in [0.25, 0.3) is 0 Å². The van der Waals surface area contributed by atoms with Crippen molar-refractivity contribution in [2.45, 2.75) is 26.8 Å². The maximum absolute atomic E-state index is 4.48. The zero-order valence-electron chi connectivity index (χ0n) is 12.4. The third kappa shape index (κ3) is 2.48. The number of rotatable bonds is 3. The van der Waals surface area contributed by atoms with Crippen LogP contribution in [-0.2, 0) is 13.0 Å². The van der Waals surface area contributed by atoms with Crippen molar-refractivity contribution in [3.8, 4) is 0 Å². The van der Waals surface area contributed by atoms with Gasteiger partial charge in [0.05, 0.1) is 11.4 Å². The Morgan fingerprint density at radius 2 is 2.05 bits per heavy atom. The largest absolute Gasteiger partial charge is 0.380 e. The Kier molecular flexibility index (Phi) is 3.35. The third-order valence-electron chi connectivity index (χ3n) is 3.98. The predicted molar refractivity (Wildman–Crippen MR) is 84.5 cm³/mol. The number of hydrogen-bond acceptors (Lipinski definition) is 3. The molecule has 0 unspecified atom stereocenters. The molecule has 1 N–H and O–H groups in total. The molecule has 2 aromatic rings. The third-order valence-corrected chi connectivity index (χ3v) is 3.98. The molecule has 104 valence electrons. The van der Waals surface area contributed by atoms with Gasteiger partial charge in [-0.05, 0) is 49.6 Å². The quantitative estimate of drug-likeness (QED) is 0.925. The first-order chi connectivity index (χ1) is 9.63. The van der Waals surface area contributed by atoms with E-state index >= 15 is 0 Å². The normalized spacial score (nSPS) is 13.4. The Balaban J connectivity index is 1.73. The van der Waals surface area contributed by atoms with Gasteiger partial charge in [0.15, 0.2) is 0 Å². The van der Waals surface area contributed by atoms with Crippen molar-refractivity contribution < 1.29 is 0 Å². The summed E-state index contributed by atoms with van der Waals surface area (Å²) in [6.45, 7) is 6.05.